The lowest BCUT2D eigenvalue weighted by Crippen LogP contribution is -2.21. The van der Waals surface area contributed by atoms with Crippen LogP contribution in [0.4, 0.5) is 5.69 Å². The van der Waals surface area contributed by atoms with Crippen molar-refractivity contribution in [2.75, 3.05) is 5.01 Å². The van der Waals surface area contributed by atoms with Gasteiger partial charge in [-0.25, -0.2) is 9.94 Å². The molecule has 0 spiro atoms. The predicted octanol–water partition coefficient (Wildman–Crippen LogP) is 3.51. The van der Waals surface area contributed by atoms with Gasteiger partial charge in [-0.15, -0.1) is 4.33 Å². The minimum Gasteiger partial charge on any atom is -0.295 e. The summed E-state index contributed by atoms with van der Waals surface area (Å²) in [6.07, 6.45) is 4.70. The Bertz CT molecular complexity index is 1580. The third-order valence-corrected chi connectivity index (χ3v) is 6.80. The van der Waals surface area contributed by atoms with Crippen molar-refractivity contribution in [3.05, 3.63) is 87.9 Å². The summed E-state index contributed by atoms with van der Waals surface area (Å²) < 4.78 is 37.2. The highest BCUT2D eigenvalue weighted by molar-refractivity contribution is 7.94. The van der Waals surface area contributed by atoms with Gasteiger partial charge >= 0.3 is 0 Å². The molecule has 1 aromatic heterocycles. The molecular weight excluding hydrogens is 524 g/mol. The Morgan fingerprint density at radius 1 is 1.03 bits per heavy atom. The van der Waals surface area contributed by atoms with Crippen LogP contribution in [0, 0.1) is 6.92 Å². The van der Waals surface area contributed by atoms with Gasteiger partial charge in [0.15, 0.2) is 0 Å². The fourth-order valence-electron chi connectivity index (χ4n) is 3.53. The topological polar surface area (TPSA) is 164 Å². The summed E-state index contributed by atoms with van der Waals surface area (Å²) in [6, 6.07) is 11.8. The SMILES string of the molecule is CC1=NN(c2ccc(SOOO)cc2)C(=O)/C1=C/C=C/c1c(C)[nH]n(-c2ccc(S(=O)(=O)O)cc2)c1=O. The van der Waals surface area contributed by atoms with Gasteiger partial charge in [0.05, 0.1) is 45.2 Å². The van der Waals surface area contributed by atoms with Crippen molar-refractivity contribution in [2.45, 2.75) is 23.6 Å². The number of aromatic nitrogens is 2. The van der Waals surface area contributed by atoms with Gasteiger partial charge in [-0.05, 0) is 74.5 Å². The van der Waals surface area contributed by atoms with Crippen LogP contribution in [0.5, 0.6) is 0 Å². The first-order chi connectivity index (χ1) is 17.6. The lowest BCUT2D eigenvalue weighted by Gasteiger charge is -2.11. The number of allylic oxidation sites excluding steroid dienone is 2. The number of hydrogen-bond acceptors (Lipinski definition) is 9. The molecule has 0 aliphatic carbocycles. The molecule has 0 atom stereocenters. The van der Waals surface area contributed by atoms with E-state index in [9.17, 15) is 18.0 Å². The maximum Gasteiger partial charge on any atom is 0.294 e. The standard InChI is InChI=1S/C23H20N4O8S2/c1-14-20(22(28)26(24-14)16-6-10-18(11-7-16)36-35-34-30)4-3-5-21-15(2)25-27(23(21)29)17-8-12-19(13-9-17)37(31,32)33/h3-13,25,30H,1-2H3,(H,31,32,33)/b5-3+,20-4+. The normalized spacial score (nSPS) is 15.2. The van der Waals surface area contributed by atoms with Crippen molar-refractivity contribution in [3.8, 4) is 5.69 Å². The molecule has 4 rings (SSSR count). The fraction of sp³-hybridized carbons (Fsp3) is 0.0870. The summed E-state index contributed by atoms with van der Waals surface area (Å²) in [5.41, 5.74) is 2.25. The predicted molar refractivity (Wildman–Crippen MR) is 136 cm³/mol. The number of amides is 1. The van der Waals surface area contributed by atoms with E-state index in [1.165, 1.54) is 34.0 Å². The van der Waals surface area contributed by atoms with Gasteiger partial charge < -0.3 is 0 Å². The quantitative estimate of drug-likeness (QED) is 0.127. The lowest BCUT2D eigenvalue weighted by molar-refractivity contribution is -0.432. The van der Waals surface area contributed by atoms with Crippen molar-refractivity contribution in [1.29, 1.82) is 0 Å². The summed E-state index contributed by atoms with van der Waals surface area (Å²) >= 11 is 0.791. The number of aryl methyl sites for hydroxylation is 1. The molecule has 3 N–H and O–H groups in total. The van der Waals surface area contributed by atoms with E-state index in [4.69, 9.17) is 9.81 Å². The number of carbonyl (C=O) groups is 1. The van der Waals surface area contributed by atoms with E-state index in [1.807, 2.05) is 0 Å². The van der Waals surface area contributed by atoms with Crippen LogP contribution < -0.4 is 10.6 Å². The maximum absolute atomic E-state index is 12.9. The summed E-state index contributed by atoms with van der Waals surface area (Å²) in [4.78, 5) is 26.2. The molecule has 192 valence electrons. The monoisotopic (exact) mass is 544 g/mol. The highest BCUT2D eigenvalue weighted by atomic mass is 32.2. The number of nitrogens with one attached hydrogen (secondary N) is 1. The van der Waals surface area contributed by atoms with Gasteiger partial charge in [-0.3, -0.25) is 19.2 Å². The Labute approximate surface area is 214 Å². The van der Waals surface area contributed by atoms with Crippen LogP contribution in [-0.2, 0) is 24.3 Å². The number of hydrazone groups is 1. The number of benzene rings is 2. The lowest BCUT2D eigenvalue weighted by atomic mass is 10.1. The van der Waals surface area contributed by atoms with Gasteiger partial charge in [0.25, 0.3) is 21.6 Å². The molecule has 0 unspecified atom stereocenters. The molecule has 0 fully saturated rings. The minimum absolute atomic E-state index is 0.285. The second-order valence-electron chi connectivity index (χ2n) is 7.72. The van der Waals surface area contributed by atoms with Crippen molar-refractivity contribution in [3.63, 3.8) is 0 Å². The molecule has 2 heterocycles. The Morgan fingerprint density at radius 3 is 2.30 bits per heavy atom. The Kier molecular flexibility index (Phi) is 7.58. The fourth-order valence-corrected chi connectivity index (χ4v) is 4.36. The first-order valence-electron chi connectivity index (χ1n) is 10.5. The Balaban J connectivity index is 1.53. The minimum atomic E-state index is -4.35. The van der Waals surface area contributed by atoms with Crippen LogP contribution in [0.3, 0.4) is 0 Å². The zero-order chi connectivity index (χ0) is 26.7. The molecule has 1 aliphatic heterocycles. The van der Waals surface area contributed by atoms with Crippen LogP contribution in [0.15, 0.2) is 85.9 Å². The molecule has 3 aromatic rings. The average Bonchev–Trinajstić information content (AvgIpc) is 3.32. The molecule has 14 heteroatoms. The smallest absolute Gasteiger partial charge is 0.294 e. The molecule has 37 heavy (non-hydrogen) atoms. The van der Waals surface area contributed by atoms with E-state index in [-0.39, 0.29) is 16.4 Å². The number of hydrogen-bond donors (Lipinski definition) is 3. The highest BCUT2D eigenvalue weighted by Gasteiger charge is 2.28. The molecule has 1 aliphatic rings. The number of carbonyl (C=O) groups excluding carboxylic acids is 1. The molecule has 0 saturated heterocycles. The van der Waals surface area contributed by atoms with Crippen LogP contribution in [-0.4, -0.2) is 39.6 Å². The van der Waals surface area contributed by atoms with E-state index in [2.05, 4.69) is 19.6 Å². The van der Waals surface area contributed by atoms with Crippen molar-refractivity contribution in [2.24, 2.45) is 5.10 Å². The Morgan fingerprint density at radius 2 is 1.68 bits per heavy atom. The van der Waals surface area contributed by atoms with Crippen molar-refractivity contribution < 1.29 is 32.4 Å². The van der Waals surface area contributed by atoms with Gasteiger partial charge in [-0.2, -0.15) is 18.5 Å². The van der Waals surface area contributed by atoms with E-state index in [0.29, 0.717) is 38.8 Å². The summed E-state index contributed by atoms with van der Waals surface area (Å²) in [6.45, 7) is 3.39. The van der Waals surface area contributed by atoms with Crippen molar-refractivity contribution in [1.82, 2.24) is 9.78 Å². The number of anilines is 1. The van der Waals surface area contributed by atoms with Gasteiger partial charge in [-0.1, -0.05) is 11.1 Å². The highest BCUT2D eigenvalue weighted by Crippen LogP contribution is 2.27. The van der Waals surface area contributed by atoms with Crippen LogP contribution in [0.1, 0.15) is 18.2 Å². The molecule has 0 bridgehead atoms. The molecule has 0 saturated carbocycles. The number of rotatable bonds is 8. The van der Waals surface area contributed by atoms with E-state index >= 15 is 0 Å². The average molecular weight is 545 g/mol. The molecule has 12 nitrogen and oxygen atoms in total. The van der Waals surface area contributed by atoms with E-state index in [0.717, 1.165) is 12.0 Å². The van der Waals surface area contributed by atoms with Gasteiger partial charge in [0.2, 0.25) is 0 Å². The number of H-pyrrole nitrogens is 1. The first-order valence-corrected chi connectivity index (χ1v) is 12.7. The second-order valence-corrected chi connectivity index (χ2v) is 9.92. The van der Waals surface area contributed by atoms with E-state index in [1.54, 1.807) is 56.3 Å². The van der Waals surface area contributed by atoms with Crippen LogP contribution in [0.25, 0.3) is 11.8 Å². The number of nitrogens with zero attached hydrogens (tertiary/aromatic N) is 3. The number of aromatic amines is 1. The first kappa shape index (κ1) is 26.3. The molecule has 2 aromatic carbocycles. The van der Waals surface area contributed by atoms with Crippen LogP contribution >= 0.6 is 12.0 Å². The van der Waals surface area contributed by atoms with E-state index < -0.39 is 10.1 Å². The summed E-state index contributed by atoms with van der Waals surface area (Å²) in [5.74, 6) is -0.348. The summed E-state index contributed by atoms with van der Waals surface area (Å²) in [5, 5.41) is 20.3. The summed E-state index contributed by atoms with van der Waals surface area (Å²) in [7, 11) is -4.35. The van der Waals surface area contributed by atoms with Crippen molar-refractivity contribution >= 4 is 45.5 Å². The Hall–Kier alpha value is -3.79. The van der Waals surface area contributed by atoms with Crippen LogP contribution in [0.2, 0.25) is 0 Å². The second kappa shape index (κ2) is 10.7. The zero-order valence-electron chi connectivity index (χ0n) is 19.4. The third kappa shape index (κ3) is 5.64. The maximum atomic E-state index is 12.9. The van der Waals surface area contributed by atoms with Gasteiger partial charge in [0, 0.05) is 10.6 Å². The largest absolute Gasteiger partial charge is 0.295 e. The third-order valence-electron chi connectivity index (χ3n) is 5.34. The molecular formula is C23H20N4O8S2. The van der Waals surface area contributed by atoms with Gasteiger partial charge in [0.1, 0.15) is 0 Å². The zero-order valence-corrected chi connectivity index (χ0v) is 21.0. The molecule has 1 amide bonds. The molecule has 0 radical (unpaired) electrons.